The number of aliphatic hydroxyl groups is 1. The first-order valence-corrected chi connectivity index (χ1v) is 6.89. The zero-order valence-corrected chi connectivity index (χ0v) is 11.3. The van der Waals surface area contributed by atoms with Gasteiger partial charge in [0.05, 0.1) is 6.10 Å². The van der Waals surface area contributed by atoms with Gasteiger partial charge in [-0.1, -0.05) is 20.8 Å². The highest BCUT2D eigenvalue weighted by molar-refractivity contribution is 7.11. The SMILES string of the molecule is CCc1ccc(CC(O)CNCC(C)C)s1. The van der Waals surface area contributed by atoms with Crippen molar-refractivity contribution in [2.24, 2.45) is 5.92 Å². The van der Waals surface area contributed by atoms with Crippen LogP contribution in [0.25, 0.3) is 0 Å². The van der Waals surface area contributed by atoms with Crippen molar-refractivity contribution in [1.82, 2.24) is 5.32 Å². The molecule has 1 rings (SSSR count). The Morgan fingerprint density at radius 1 is 1.25 bits per heavy atom. The second-order valence-corrected chi connectivity index (χ2v) is 5.88. The molecule has 0 aromatic carbocycles. The van der Waals surface area contributed by atoms with Gasteiger partial charge in [-0.3, -0.25) is 0 Å². The summed E-state index contributed by atoms with van der Waals surface area (Å²) in [7, 11) is 0. The average Bonchev–Trinajstić information content (AvgIpc) is 2.65. The van der Waals surface area contributed by atoms with E-state index in [0.29, 0.717) is 12.5 Å². The lowest BCUT2D eigenvalue weighted by atomic mass is 10.2. The molecule has 0 saturated carbocycles. The topological polar surface area (TPSA) is 32.3 Å². The van der Waals surface area contributed by atoms with E-state index in [2.05, 4.69) is 38.2 Å². The van der Waals surface area contributed by atoms with E-state index in [1.165, 1.54) is 9.75 Å². The number of hydrogen-bond donors (Lipinski definition) is 2. The Kier molecular flexibility index (Phi) is 6.03. The van der Waals surface area contributed by atoms with Crippen molar-refractivity contribution >= 4 is 11.3 Å². The molecule has 1 aromatic rings. The van der Waals surface area contributed by atoms with Crippen LogP contribution in [0.4, 0.5) is 0 Å². The highest BCUT2D eigenvalue weighted by Gasteiger charge is 2.07. The van der Waals surface area contributed by atoms with E-state index in [4.69, 9.17) is 0 Å². The molecule has 3 heteroatoms. The highest BCUT2D eigenvalue weighted by Crippen LogP contribution is 2.18. The van der Waals surface area contributed by atoms with Crippen LogP contribution >= 0.6 is 11.3 Å². The Hall–Kier alpha value is -0.380. The molecule has 1 unspecified atom stereocenters. The zero-order valence-electron chi connectivity index (χ0n) is 10.5. The number of aliphatic hydroxyl groups excluding tert-OH is 1. The molecule has 92 valence electrons. The largest absolute Gasteiger partial charge is 0.391 e. The Balaban J connectivity index is 2.25. The van der Waals surface area contributed by atoms with Gasteiger partial charge in [0.25, 0.3) is 0 Å². The molecule has 0 fully saturated rings. The van der Waals surface area contributed by atoms with E-state index in [0.717, 1.165) is 19.4 Å². The van der Waals surface area contributed by atoms with Crippen LogP contribution in [0.5, 0.6) is 0 Å². The summed E-state index contributed by atoms with van der Waals surface area (Å²) in [5.41, 5.74) is 0. The van der Waals surface area contributed by atoms with Gasteiger partial charge in [0, 0.05) is 22.7 Å². The van der Waals surface area contributed by atoms with Gasteiger partial charge in [0.1, 0.15) is 0 Å². The number of nitrogens with one attached hydrogen (secondary N) is 1. The molecular weight excluding hydrogens is 218 g/mol. The summed E-state index contributed by atoms with van der Waals surface area (Å²) in [6, 6.07) is 4.30. The molecule has 0 radical (unpaired) electrons. The number of thiophene rings is 1. The lowest BCUT2D eigenvalue weighted by molar-refractivity contribution is 0.171. The minimum absolute atomic E-state index is 0.262. The maximum Gasteiger partial charge on any atom is 0.0712 e. The van der Waals surface area contributed by atoms with Crippen LogP contribution in [0.15, 0.2) is 12.1 Å². The molecule has 1 aromatic heterocycles. The molecule has 1 atom stereocenters. The molecule has 1 heterocycles. The molecule has 2 nitrogen and oxygen atoms in total. The van der Waals surface area contributed by atoms with Crippen molar-refractivity contribution < 1.29 is 5.11 Å². The summed E-state index contributed by atoms with van der Waals surface area (Å²) >= 11 is 1.81. The average molecular weight is 241 g/mol. The Bertz CT molecular complexity index is 296. The third-order valence-corrected chi connectivity index (χ3v) is 3.69. The first-order valence-electron chi connectivity index (χ1n) is 6.08. The fraction of sp³-hybridized carbons (Fsp3) is 0.692. The Morgan fingerprint density at radius 2 is 1.94 bits per heavy atom. The number of aryl methyl sites for hydroxylation is 1. The van der Waals surface area contributed by atoms with Crippen molar-refractivity contribution in [2.45, 2.75) is 39.7 Å². The summed E-state index contributed by atoms with van der Waals surface area (Å²) in [5.74, 6) is 0.639. The smallest absolute Gasteiger partial charge is 0.0712 e. The second-order valence-electron chi connectivity index (χ2n) is 4.63. The summed E-state index contributed by atoms with van der Waals surface area (Å²) in [6.07, 6.45) is 1.60. The minimum atomic E-state index is -0.262. The molecule has 0 spiro atoms. The van der Waals surface area contributed by atoms with E-state index in [-0.39, 0.29) is 6.10 Å². The van der Waals surface area contributed by atoms with Gasteiger partial charge in [-0.05, 0) is 31.0 Å². The van der Waals surface area contributed by atoms with Gasteiger partial charge < -0.3 is 10.4 Å². The van der Waals surface area contributed by atoms with Crippen LogP contribution in [0.3, 0.4) is 0 Å². The maximum absolute atomic E-state index is 9.84. The third kappa shape index (κ3) is 5.10. The molecule has 0 bridgehead atoms. The highest BCUT2D eigenvalue weighted by atomic mass is 32.1. The van der Waals surface area contributed by atoms with Crippen molar-refractivity contribution in [2.75, 3.05) is 13.1 Å². The van der Waals surface area contributed by atoms with Crippen LogP contribution in [-0.2, 0) is 12.8 Å². The van der Waals surface area contributed by atoms with E-state index in [1.807, 2.05) is 11.3 Å². The first-order chi connectivity index (χ1) is 7.61. The molecule has 0 saturated heterocycles. The fourth-order valence-corrected chi connectivity index (χ4v) is 2.59. The fourth-order valence-electron chi connectivity index (χ4n) is 1.57. The molecule has 2 N–H and O–H groups in total. The molecule has 0 aliphatic carbocycles. The lowest BCUT2D eigenvalue weighted by Gasteiger charge is -2.12. The van der Waals surface area contributed by atoms with Crippen LogP contribution in [0.2, 0.25) is 0 Å². The van der Waals surface area contributed by atoms with Crippen molar-refractivity contribution in [1.29, 1.82) is 0 Å². The first kappa shape index (κ1) is 13.7. The van der Waals surface area contributed by atoms with Gasteiger partial charge in [-0.25, -0.2) is 0 Å². The van der Waals surface area contributed by atoms with Crippen molar-refractivity contribution in [3.63, 3.8) is 0 Å². The van der Waals surface area contributed by atoms with Crippen molar-refractivity contribution in [3.8, 4) is 0 Å². The van der Waals surface area contributed by atoms with E-state index in [1.54, 1.807) is 0 Å². The summed E-state index contributed by atoms with van der Waals surface area (Å²) in [6.45, 7) is 8.17. The Morgan fingerprint density at radius 3 is 2.50 bits per heavy atom. The number of rotatable bonds is 7. The van der Waals surface area contributed by atoms with Gasteiger partial charge in [-0.15, -0.1) is 11.3 Å². The van der Waals surface area contributed by atoms with Crippen LogP contribution < -0.4 is 5.32 Å². The molecule has 0 aliphatic heterocycles. The van der Waals surface area contributed by atoms with Crippen LogP contribution in [-0.4, -0.2) is 24.3 Å². The molecule has 0 aliphatic rings. The standard InChI is InChI=1S/C13H23NOS/c1-4-12-5-6-13(16-12)7-11(15)9-14-8-10(2)3/h5-6,10-11,14-15H,4,7-9H2,1-3H3. The summed E-state index contributed by atoms with van der Waals surface area (Å²) in [4.78, 5) is 2.69. The number of hydrogen-bond acceptors (Lipinski definition) is 3. The molecular formula is C13H23NOS. The van der Waals surface area contributed by atoms with Gasteiger partial charge in [0.2, 0.25) is 0 Å². The van der Waals surface area contributed by atoms with Gasteiger partial charge in [-0.2, -0.15) is 0 Å². The predicted octanol–water partition coefficient (Wildman–Crippen LogP) is 2.46. The molecule has 16 heavy (non-hydrogen) atoms. The normalized spacial score (nSPS) is 13.3. The monoisotopic (exact) mass is 241 g/mol. The van der Waals surface area contributed by atoms with Crippen molar-refractivity contribution in [3.05, 3.63) is 21.9 Å². The van der Waals surface area contributed by atoms with E-state index in [9.17, 15) is 5.11 Å². The predicted molar refractivity (Wildman–Crippen MR) is 71.1 cm³/mol. The quantitative estimate of drug-likeness (QED) is 0.768. The Labute approximate surface area is 103 Å². The summed E-state index contributed by atoms with van der Waals surface area (Å²) < 4.78 is 0. The summed E-state index contributed by atoms with van der Waals surface area (Å²) in [5, 5.41) is 13.1. The zero-order chi connectivity index (χ0) is 12.0. The van der Waals surface area contributed by atoms with Crippen LogP contribution in [0, 0.1) is 5.92 Å². The third-order valence-electron chi connectivity index (χ3n) is 2.44. The van der Waals surface area contributed by atoms with Crippen LogP contribution in [0.1, 0.15) is 30.5 Å². The maximum atomic E-state index is 9.84. The van der Waals surface area contributed by atoms with E-state index < -0.39 is 0 Å². The second kappa shape index (κ2) is 7.05. The van der Waals surface area contributed by atoms with E-state index >= 15 is 0 Å². The minimum Gasteiger partial charge on any atom is -0.391 e. The lowest BCUT2D eigenvalue weighted by Crippen LogP contribution is -2.30. The molecule has 0 amide bonds. The van der Waals surface area contributed by atoms with Gasteiger partial charge >= 0.3 is 0 Å². The van der Waals surface area contributed by atoms with Gasteiger partial charge in [0.15, 0.2) is 0 Å².